The zero-order valence-electron chi connectivity index (χ0n) is 21.2. The summed E-state index contributed by atoms with van der Waals surface area (Å²) in [6, 6.07) is 12.5. The van der Waals surface area contributed by atoms with Crippen molar-refractivity contribution in [2.45, 2.75) is 26.3 Å². The van der Waals surface area contributed by atoms with Gasteiger partial charge in [0.15, 0.2) is 0 Å². The number of aryl methyl sites for hydroxylation is 1. The minimum atomic E-state index is -0.0316. The Morgan fingerprint density at radius 1 is 1.27 bits per heavy atom. The lowest BCUT2D eigenvalue weighted by Gasteiger charge is -2.51. The molecule has 1 amide bonds. The molecule has 2 aromatic heterocycles. The van der Waals surface area contributed by atoms with Crippen LogP contribution in [0.3, 0.4) is 0 Å². The first-order valence-corrected chi connectivity index (χ1v) is 12.4. The van der Waals surface area contributed by atoms with Crippen molar-refractivity contribution in [3.63, 3.8) is 0 Å². The fourth-order valence-electron chi connectivity index (χ4n) is 6.18. The smallest absolute Gasteiger partial charge is 0.245 e. The summed E-state index contributed by atoms with van der Waals surface area (Å²) in [6.07, 6.45) is 4.13. The number of aromatic nitrogens is 3. The normalized spacial score (nSPS) is 18.3. The highest BCUT2D eigenvalue weighted by molar-refractivity contribution is 6.08. The third kappa shape index (κ3) is 3.30. The molecule has 2 fully saturated rings. The van der Waals surface area contributed by atoms with Gasteiger partial charge in [0.1, 0.15) is 23.2 Å². The Hall–Kier alpha value is -4.38. The van der Waals surface area contributed by atoms with E-state index in [1.54, 1.807) is 7.11 Å². The van der Waals surface area contributed by atoms with E-state index in [0.29, 0.717) is 30.2 Å². The summed E-state index contributed by atoms with van der Waals surface area (Å²) in [5.74, 6) is 1.36. The van der Waals surface area contributed by atoms with E-state index in [9.17, 15) is 10.1 Å². The van der Waals surface area contributed by atoms with Gasteiger partial charge in [-0.2, -0.15) is 10.4 Å². The average molecular weight is 493 g/mol. The first-order valence-electron chi connectivity index (χ1n) is 12.4. The predicted molar refractivity (Wildman–Crippen MR) is 143 cm³/mol. The predicted octanol–water partition coefficient (Wildman–Crippen LogP) is 4.58. The van der Waals surface area contributed by atoms with E-state index in [-0.39, 0.29) is 17.4 Å². The molecule has 2 saturated heterocycles. The van der Waals surface area contributed by atoms with Gasteiger partial charge in [0.25, 0.3) is 0 Å². The minimum Gasteiger partial charge on any atom is -0.497 e. The molecule has 8 heteroatoms. The van der Waals surface area contributed by atoms with Crippen LogP contribution in [0.4, 0.5) is 5.82 Å². The molecule has 0 bridgehead atoms. The maximum absolute atomic E-state index is 12.1. The van der Waals surface area contributed by atoms with Gasteiger partial charge in [-0.05, 0) is 55.7 Å². The van der Waals surface area contributed by atoms with Crippen LogP contribution in [0.15, 0.2) is 49.2 Å². The number of nitrogens with zero attached hydrogens (tertiary/aromatic N) is 5. The van der Waals surface area contributed by atoms with Gasteiger partial charge in [-0.3, -0.25) is 9.89 Å². The van der Waals surface area contributed by atoms with Gasteiger partial charge >= 0.3 is 0 Å². The molecular weight excluding hydrogens is 464 g/mol. The zero-order valence-corrected chi connectivity index (χ0v) is 21.2. The summed E-state index contributed by atoms with van der Waals surface area (Å²) in [4.78, 5) is 21.3. The van der Waals surface area contributed by atoms with E-state index in [0.717, 1.165) is 51.5 Å². The molecule has 1 atom stereocenters. The van der Waals surface area contributed by atoms with Gasteiger partial charge < -0.3 is 14.5 Å². The molecular formula is C29H28N6O2. The van der Waals surface area contributed by atoms with E-state index < -0.39 is 0 Å². The molecule has 186 valence electrons. The Labute approximate surface area is 215 Å². The molecule has 1 spiro atoms. The number of carbonyl (C=O) groups excluding carboxylic acids is 1. The Kier molecular flexibility index (Phi) is 5.19. The van der Waals surface area contributed by atoms with Crippen molar-refractivity contribution >= 4 is 33.5 Å². The molecule has 0 saturated carbocycles. The van der Waals surface area contributed by atoms with Crippen LogP contribution in [0.25, 0.3) is 32.9 Å². The third-order valence-electron chi connectivity index (χ3n) is 8.34. The highest BCUT2D eigenvalue weighted by Crippen LogP contribution is 2.48. The van der Waals surface area contributed by atoms with Gasteiger partial charge in [0, 0.05) is 53.5 Å². The Balaban J connectivity index is 1.56. The molecule has 2 aromatic carbocycles. The van der Waals surface area contributed by atoms with Crippen LogP contribution in [0.1, 0.15) is 24.5 Å². The number of hydrogen-bond acceptors (Lipinski definition) is 6. The fourth-order valence-corrected chi connectivity index (χ4v) is 6.18. The quantitative estimate of drug-likeness (QED) is 0.419. The number of amides is 1. The van der Waals surface area contributed by atoms with Crippen molar-refractivity contribution in [1.29, 1.82) is 5.26 Å². The Morgan fingerprint density at radius 2 is 2.08 bits per heavy atom. The number of aromatic amines is 1. The Bertz CT molecular complexity index is 1630. The SMILES string of the molecule is C=CC(=O)N1CC2(CCN(c3nc4cc(OC)ccc4c(-c4c(C)ccc5[nH]ncc45)c3C#N)C2C)C1. The first-order chi connectivity index (χ1) is 17.9. The highest BCUT2D eigenvalue weighted by Gasteiger charge is 2.54. The molecule has 0 aliphatic carbocycles. The minimum absolute atomic E-state index is 0.0168. The van der Waals surface area contributed by atoms with Crippen LogP contribution in [0.2, 0.25) is 0 Å². The molecule has 6 rings (SSSR count). The maximum atomic E-state index is 12.1. The summed E-state index contributed by atoms with van der Waals surface area (Å²) in [6.45, 7) is 10.0. The lowest BCUT2D eigenvalue weighted by Crippen LogP contribution is -2.62. The average Bonchev–Trinajstić information content (AvgIpc) is 3.50. The van der Waals surface area contributed by atoms with Crippen molar-refractivity contribution < 1.29 is 9.53 Å². The second-order valence-corrected chi connectivity index (χ2v) is 10.1. The van der Waals surface area contributed by atoms with Gasteiger partial charge in [-0.15, -0.1) is 0 Å². The van der Waals surface area contributed by atoms with E-state index in [4.69, 9.17) is 9.72 Å². The first kappa shape index (κ1) is 23.0. The molecule has 4 aromatic rings. The van der Waals surface area contributed by atoms with Crippen molar-refractivity contribution in [3.8, 4) is 22.9 Å². The lowest BCUT2D eigenvalue weighted by molar-refractivity contribution is -0.138. The van der Waals surface area contributed by atoms with Gasteiger partial charge in [-0.25, -0.2) is 4.98 Å². The summed E-state index contributed by atoms with van der Waals surface area (Å²) >= 11 is 0. The van der Waals surface area contributed by atoms with Crippen molar-refractivity contribution in [2.24, 2.45) is 5.41 Å². The summed E-state index contributed by atoms with van der Waals surface area (Å²) in [5, 5.41) is 19.8. The van der Waals surface area contributed by atoms with Crippen LogP contribution in [0.5, 0.6) is 5.75 Å². The lowest BCUT2D eigenvalue weighted by atomic mass is 9.74. The number of hydrogen-bond donors (Lipinski definition) is 1. The van der Waals surface area contributed by atoms with Gasteiger partial charge in [0.05, 0.1) is 24.3 Å². The van der Waals surface area contributed by atoms with Crippen molar-refractivity contribution in [2.75, 3.05) is 31.6 Å². The number of benzene rings is 2. The van der Waals surface area contributed by atoms with Crippen LogP contribution in [0, 0.1) is 23.7 Å². The number of nitrogens with one attached hydrogen (secondary N) is 1. The number of ether oxygens (including phenoxy) is 1. The largest absolute Gasteiger partial charge is 0.497 e. The fraction of sp³-hybridized carbons (Fsp3) is 0.310. The van der Waals surface area contributed by atoms with E-state index in [2.05, 4.69) is 47.7 Å². The number of anilines is 1. The number of carbonyl (C=O) groups is 1. The number of fused-ring (bicyclic) bond motifs is 2. The molecule has 0 radical (unpaired) electrons. The molecule has 2 aliphatic heterocycles. The third-order valence-corrected chi connectivity index (χ3v) is 8.34. The van der Waals surface area contributed by atoms with Crippen LogP contribution < -0.4 is 9.64 Å². The Morgan fingerprint density at radius 3 is 2.81 bits per heavy atom. The second kappa shape index (κ2) is 8.34. The standard InChI is InChI=1S/C29H28N6O2/c1-5-25(36)34-15-29(16-34)10-11-35(18(29)3)28-21(13-30)27(20-8-7-19(37-4)12-24(20)32-28)26-17(2)6-9-23-22(26)14-31-33-23/h5-9,12,14,18H,1,10-11,15-16H2,2-4H3,(H,31,33). The molecule has 4 heterocycles. The number of likely N-dealkylation sites (tertiary alicyclic amines) is 1. The van der Waals surface area contributed by atoms with Crippen molar-refractivity contribution in [3.05, 3.63) is 60.3 Å². The second-order valence-electron chi connectivity index (χ2n) is 10.1. The van der Waals surface area contributed by atoms with Crippen LogP contribution >= 0.6 is 0 Å². The summed E-state index contributed by atoms with van der Waals surface area (Å²) < 4.78 is 5.52. The van der Waals surface area contributed by atoms with E-state index in [1.165, 1.54) is 6.08 Å². The number of H-pyrrole nitrogens is 1. The zero-order chi connectivity index (χ0) is 25.9. The topological polar surface area (TPSA) is 98.1 Å². The molecule has 37 heavy (non-hydrogen) atoms. The summed E-state index contributed by atoms with van der Waals surface area (Å²) in [5.41, 5.74) is 5.12. The van der Waals surface area contributed by atoms with Crippen molar-refractivity contribution in [1.82, 2.24) is 20.1 Å². The number of methoxy groups -OCH3 is 1. The van der Waals surface area contributed by atoms with E-state index >= 15 is 0 Å². The van der Waals surface area contributed by atoms with Gasteiger partial charge in [0.2, 0.25) is 5.91 Å². The van der Waals surface area contributed by atoms with E-state index in [1.807, 2.05) is 35.4 Å². The molecule has 1 unspecified atom stereocenters. The highest BCUT2D eigenvalue weighted by atomic mass is 16.5. The van der Waals surface area contributed by atoms with Crippen LogP contribution in [-0.2, 0) is 4.79 Å². The maximum Gasteiger partial charge on any atom is 0.245 e. The monoisotopic (exact) mass is 492 g/mol. The van der Waals surface area contributed by atoms with Crippen LogP contribution in [-0.4, -0.2) is 58.8 Å². The molecule has 1 N–H and O–H groups in total. The number of rotatable bonds is 4. The van der Waals surface area contributed by atoms with Gasteiger partial charge in [-0.1, -0.05) is 12.6 Å². The summed E-state index contributed by atoms with van der Waals surface area (Å²) in [7, 11) is 1.64. The number of pyridine rings is 1. The molecule has 8 nitrogen and oxygen atoms in total. The molecule has 2 aliphatic rings. The number of nitriles is 1.